The van der Waals surface area contributed by atoms with Gasteiger partial charge in [-0.2, -0.15) is 5.26 Å². The Balaban J connectivity index is 2.10. The molecule has 3 rings (SSSR count). The number of ketones is 1. The number of hydrogen-bond acceptors (Lipinski definition) is 4. The van der Waals surface area contributed by atoms with Crippen LogP contribution in [0.4, 0.5) is 0 Å². The van der Waals surface area contributed by atoms with Crippen molar-refractivity contribution in [2.75, 3.05) is 12.3 Å². The van der Waals surface area contributed by atoms with Crippen molar-refractivity contribution >= 4 is 39.3 Å². The van der Waals surface area contributed by atoms with Gasteiger partial charge in [-0.25, -0.2) is 4.31 Å². The molecule has 0 spiro atoms. The summed E-state index contributed by atoms with van der Waals surface area (Å²) in [6.45, 7) is 6.87. The first-order valence-electron chi connectivity index (χ1n) is 7.75. The lowest BCUT2D eigenvalue weighted by Gasteiger charge is -2.24. The van der Waals surface area contributed by atoms with Crippen LogP contribution in [0.2, 0.25) is 0 Å². The highest BCUT2D eigenvalue weighted by Gasteiger charge is 2.25. The van der Waals surface area contributed by atoms with Gasteiger partial charge in [0, 0.05) is 23.7 Å². The summed E-state index contributed by atoms with van der Waals surface area (Å²) in [4.78, 5) is 12.3. The summed E-state index contributed by atoms with van der Waals surface area (Å²) in [5.74, 6) is 1.31. The van der Waals surface area contributed by atoms with E-state index in [2.05, 4.69) is 39.4 Å². The number of hydrogen-bond donors (Lipinski definition) is 0. The first-order valence-corrected chi connectivity index (χ1v) is 9.21. The van der Waals surface area contributed by atoms with Crippen LogP contribution in [-0.4, -0.2) is 32.8 Å². The summed E-state index contributed by atoms with van der Waals surface area (Å²) in [5, 5.41) is 11.0. The molecule has 0 amide bonds. The molecular weight excluding hydrogens is 325 g/mol. The van der Waals surface area contributed by atoms with Crippen molar-refractivity contribution in [3.05, 3.63) is 34.5 Å². The second-order valence-corrected chi connectivity index (χ2v) is 7.75. The third-order valence-electron chi connectivity index (χ3n) is 4.33. The van der Waals surface area contributed by atoms with E-state index in [9.17, 15) is 4.79 Å². The van der Waals surface area contributed by atoms with Gasteiger partial charge < -0.3 is 4.34 Å². The molecule has 1 aliphatic heterocycles. The average molecular weight is 345 g/mol. The number of fused-ring (bicyclic) bond motifs is 1. The summed E-state index contributed by atoms with van der Waals surface area (Å²) >= 11 is 1.91. The Labute approximate surface area is 142 Å². The Morgan fingerprint density at radius 3 is 2.96 bits per heavy atom. The van der Waals surface area contributed by atoms with Crippen LogP contribution in [0.5, 0.6) is 0 Å². The SMILES string of the molecule is C=C(C#N)C(=O)c1cc2c(n1P)=CC(N1CCCS1)CC(C)C=2. The standard InChI is InChI=1S/C17H20N3OPS/c1-11-6-13-8-16(17(21)12(2)10-18)20(22)15(13)9-14(7-11)19-4-3-5-23-19/h6,8-9,11,14H,2-5,7,22H2,1H3. The van der Waals surface area contributed by atoms with Crippen LogP contribution in [0.15, 0.2) is 18.2 Å². The molecule has 1 saturated heterocycles. The molecule has 2 aliphatic rings. The van der Waals surface area contributed by atoms with E-state index in [4.69, 9.17) is 5.26 Å². The second-order valence-electron chi connectivity index (χ2n) is 6.10. The van der Waals surface area contributed by atoms with Gasteiger partial charge in [-0.1, -0.05) is 31.5 Å². The van der Waals surface area contributed by atoms with E-state index in [1.165, 1.54) is 12.2 Å². The highest BCUT2D eigenvalue weighted by molar-refractivity contribution is 7.97. The Kier molecular flexibility index (Phi) is 4.77. The smallest absolute Gasteiger partial charge is 0.219 e. The number of carbonyl (C=O) groups excluding carboxylic acids is 1. The van der Waals surface area contributed by atoms with Crippen molar-refractivity contribution in [1.29, 1.82) is 5.26 Å². The van der Waals surface area contributed by atoms with Crippen LogP contribution in [0.1, 0.15) is 30.3 Å². The molecule has 0 N–H and O–H groups in total. The summed E-state index contributed by atoms with van der Waals surface area (Å²) in [6.07, 6.45) is 6.79. The van der Waals surface area contributed by atoms with Gasteiger partial charge in [0.2, 0.25) is 5.78 Å². The number of nitriles is 1. The zero-order valence-electron chi connectivity index (χ0n) is 13.2. The minimum absolute atomic E-state index is 0.0268. The van der Waals surface area contributed by atoms with Crippen LogP contribution >= 0.6 is 21.3 Å². The topological polar surface area (TPSA) is 49.0 Å². The Morgan fingerprint density at radius 2 is 2.30 bits per heavy atom. The van der Waals surface area contributed by atoms with Crippen molar-refractivity contribution in [1.82, 2.24) is 8.64 Å². The monoisotopic (exact) mass is 345 g/mol. The van der Waals surface area contributed by atoms with Crippen LogP contribution in [0, 0.1) is 17.2 Å². The minimum Gasteiger partial charge on any atom is -0.322 e. The summed E-state index contributed by atoms with van der Waals surface area (Å²) < 4.78 is 4.27. The van der Waals surface area contributed by atoms with E-state index in [-0.39, 0.29) is 11.4 Å². The van der Waals surface area contributed by atoms with Crippen LogP contribution in [0.25, 0.3) is 12.2 Å². The van der Waals surface area contributed by atoms with Gasteiger partial charge in [0.05, 0.1) is 11.3 Å². The van der Waals surface area contributed by atoms with E-state index in [0.29, 0.717) is 17.7 Å². The molecule has 1 aromatic heterocycles. The molecule has 0 bridgehead atoms. The van der Waals surface area contributed by atoms with Gasteiger partial charge >= 0.3 is 0 Å². The largest absolute Gasteiger partial charge is 0.322 e. The molecule has 1 aromatic rings. The molecule has 23 heavy (non-hydrogen) atoms. The van der Waals surface area contributed by atoms with E-state index in [1.807, 2.05) is 28.4 Å². The maximum Gasteiger partial charge on any atom is 0.219 e. The Bertz CT molecular complexity index is 814. The lowest BCUT2D eigenvalue weighted by molar-refractivity contribution is 0.103. The maximum atomic E-state index is 12.3. The highest BCUT2D eigenvalue weighted by atomic mass is 32.2. The van der Waals surface area contributed by atoms with Crippen LogP contribution in [-0.2, 0) is 0 Å². The van der Waals surface area contributed by atoms with Crippen molar-refractivity contribution < 1.29 is 4.79 Å². The Morgan fingerprint density at radius 1 is 1.52 bits per heavy atom. The second kappa shape index (κ2) is 6.65. The fourth-order valence-electron chi connectivity index (χ4n) is 3.18. The minimum atomic E-state index is -0.308. The number of rotatable bonds is 3. The third kappa shape index (κ3) is 3.17. The number of Topliss-reactive ketones (excluding diaryl/α,β-unsaturated/α-hetero) is 1. The quantitative estimate of drug-likeness (QED) is 0.275. The molecule has 120 valence electrons. The van der Waals surface area contributed by atoms with Gasteiger partial charge in [0.1, 0.15) is 6.07 Å². The third-order valence-corrected chi connectivity index (χ3v) is 6.14. The molecule has 6 heteroatoms. The molecule has 4 nitrogen and oxygen atoms in total. The maximum absolute atomic E-state index is 12.3. The molecular formula is C17H20N3OPS. The Hall–Kier alpha value is -1.34. The number of carbonyl (C=O) groups is 1. The molecule has 0 radical (unpaired) electrons. The molecule has 2 heterocycles. The summed E-state index contributed by atoms with van der Waals surface area (Å²) in [6, 6.07) is 4.09. The van der Waals surface area contributed by atoms with Crippen molar-refractivity contribution in [3.63, 3.8) is 0 Å². The zero-order valence-corrected chi connectivity index (χ0v) is 15.1. The molecule has 3 atom stereocenters. The predicted molar refractivity (Wildman–Crippen MR) is 98.2 cm³/mol. The van der Waals surface area contributed by atoms with Gasteiger partial charge in [-0.15, -0.1) is 0 Å². The lowest BCUT2D eigenvalue weighted by atomic mass is 10.0. The van der Waals surface area contributed by atoms with Gasteiger partial charge in [-0.05, 0) is 45.5 Å². The first kappa shape index (κ1) is 16.5. The molecule has 1 fully saturated rings. The van der Waals surface area contributed by atoms with Crippen molar-refractivity contribution in [2.24, 2.45) is 5.92 Å². The molecule has 0 aromatic carbocycles. The predicted octanol–water partition coefficient (Wildman–Crippen LogP) is 1.71. The summed E-state index contributed by atoms with van der Waals surface area (Å²) in [7, 11) is 2.61. The van der Waals surface area contributed by atoms with Crippen LogP contribution < -0.4 is 10.6 Å². The van der Waals surface area contributed by atoms with E-state index in [0.717, 1.165) is 23.5 Å². The lowest BCUT2D eigenvalue weighted by Crippen LogP contribution is -2.31. The van der Waals surface area contributed by atoms with E-state index < -0.39 is 0 Å². The first-order chi connectivity index (χ1) is 11.0. The van der Waals surface area contributed by atoms with E-state index >= 15 is 0 Å². The zero-order chi connectivity index (χ0) is 16.6. The van der Waals surface area contributed by atoms with Gasteiger partial charge in [-0.3, -0.25) is 4.79 Å². The highest BCUT2D eigenvalue weighted by Crippen LogP contribution is 2.28. The van der Waals surface area contributed by atoms with Crippen molar-refractivity contribution in [2.45, 2.75) is 25.8 Å². The molecule has 1 aliphatic carbocycles. The number of allylic oxidation sites excluding steroid dienone is 1. The van der Waals surface area contributed by atoms with Gasteiger partial charge in [0.25, 0.3) is 0 Å². The number of aromatic nitrogens is 1. The van der Waals surface area contributed by atoms with Crippen LogP contribution in [0.3, 0.4) is 0 Å². The molecule has 3 unspecified atom stereocenters. The van der Waals surface area contributed by atoms with E-state index in [1.54, 1.807) is 0 Å². The normalized spacial score (nSPS) is 24.0. The average Bonchev–Trinajstić information content (AvgIpc) is 3.12. The van der Waals surface area contributed by atoms with Gasteiger partial charge in [0.15, 0.2) is 0 Å². The fraction of sp³-hybridized carbons (Fsp3) is 0.412. The van der Waals surface area contributed by atoms with Crippen molar-refractivity contribution in [3.8, 4) is 6.07 Å². The number of nitrogens with zero attached hydrogens (tertiary/aromatic N) is 3. The fourth-order valence-corrected chi connectivity index (χ4v) is 4.70. The molecule has 0 saturated carbocycles. The summed E-state index contributed by atoms with van der Waals surface area (Å²) in [5.41, 5.74) is 0.474.